The zero-order valence-corrected chi connectivity index (χ0v) is 11.0. The molecule has 2 rings (SSSR count). The molecule has 0 N–H and O–H groups in total. The molecule has 0 spiro atoms. The molecule has 0 amide bonds. The molecule has 2 heterocycles. The SMILES string of the molecule is Cc1ncc(C(=O)Cc2cncc(Br)c2)s1. The van der Waals surface area contributed by atoms with Gasteiger partial charge in [-0.1, -0.05) is 0 Å². The maximum Gasteiger partial charge on any atom is 0.178 e. The zero-order chi connectivity index (χ0) is 11.5. The minimum atomic E-state index is 0.0884. The van der Waals surface area contributed by atoms with Gasteiger partial charge in [-0.25, -0.2) is 4.98 Å². The third-order valence-corrected chi connectivity index (χ3v) is 3.41. The number of pyridine rings is 1. The van der Waals surface area contributed by atoms with E-state index in [0.717, 1.165) is 15.0 Å². The van der Waals surface area contributed by atoms with Gasteiger partial charge in [0.1, 0.15) is 0 Å². The number of hydrogen-bond acceptors (Lipinski definition) is 4. The van der Waals surface area contributed by atoms with E-state index in [1.165, 1.54) is 11.3 Å². The first-order valence-electron chi connectivity index (χ1n) is 4.70. The molecule has 0 bridgehead atoms. The monoisotopic (exact) mass is 296 g/mol. The van der Waals surface area contributed by atoms with Crippen LogP contribution in [-0.2, 0) is 6.42 Å². The summed E-state index contributed by atoms with van der Waals surface area (Å²) in [7, 11) is 0. The number of thiazole rings is 1. The minimum absolute atomic E-state index is 0.0884. The second-order valence-electron chi connectivity index (χ2n) is 3.35. The van der Waals surface area contributed by atoms with Crippen LogP contribution in [0.1, 0.15) is 20.2 Å². The Hall–Kier alpha value is -1.07. The first kappa shape index (κ1) is 11.4. The lowest BCUT2D eigenvalue weighted by molar-refractivity contribution is 0.0996. The van der Waals surface area contributed by atoms with Crippen LogP contribution in [0.5, 0.6) is 0 Å². The number of carbonyl (C=O) groups excluding carboxylic acids is 1. The molecule has 0 atom stereocenters. The van der Waals surface area contributed by atoms with Gasteiger partial charge in [-0.3, -0.25) is 9.78 Å². The number of ketones is 1. The summed E-state index contributed by atoms with van der Waals surface area (Å²) in [5.74, 6) is 0.0884. The summed E-state index contributed by atoms with van der Waals surface area (Å²) in [6.07, 6.45) is 5.41. The highest BCUT2D eigenvalue weighted by Crippen LogP contribution is 2.16. The van der Waals surface area contributed by atoms with Crippen LogP contribution < -0.4 is 0 Å². The Balaban J connectivity index is 2.13. The Labute approximate surface area is 106 Å². The topological polar surface area (TPSA) is 42.9 Å². The van der Waals surface area contributed by atoms with Crippen molar-refractivity contribution in [1.29, 1.82) is 0 Å². The largest absolute Gasteiger partial charge is 0.293 e. The molecule has 82 valence electrons. The molecule has 16 heavy (non-hydrogen) atoms. The lowest BCUT2D eigenvalue weighted by Gasteiger charge is -1.98. The average Bonchev–Trinajstić information content (AvgIpc) is 2.65. The summed E-state index contributed by atoms with van der Waals surface area (Å²) < 4.78 is 0.887. The summed E-state index contributed by atoms with van der Waals surface area (Å²) in [5, 5.41) is 0.913. The number of carbonyl (C=O) groups is 1. The summed E-state index contributed by atoms with van der Waals surface area (Å²) >= 11 is 4.76. The van der Waals surface area contributed by atoms with Crippen molar-refractivity contribution < 1.29 is 4.79 Å². The van der Waals surface area contributed by atoms with Crippen molar-refractivity contribution in [2.24, 2.45) is 0 Å². The van der Waals surface area contributed by atoms with Gasteiger partial charge in [0.05, 0.1) is 9.88 Å². The van der Waals surface area contributed by atoms with Gasteiger partial charge >= 0.3 is 0 Å². The fraction of sp³-hybridized carbons (Fsp3) is 0.182. The fourth-order valence-electron chi connectivity index (χ4n) is 1.32. The van der Waals surface area contributed by atoms with Crippen molar-refractivity contribution in [2.75, 3.05) is 0 Å². The van der Waals surface area contributed by atoms with Gasteiger partial charge in [0.15, 0.2) is 5.78 Å². The van der Waals surface area contributed by atoms with E-state index < -0.39 is 0 Å². The molecule has 0 aliphatic rings. The van der Waals surface area contributed by atoms with Gasteiger partial charge in [-0.15, -0.1) is 11.3 Å². The van der Waals surface area contributed by atoms with Crippen molar-refractivity contribution in [2.45, 2.75) is 13.3 Å². The normalized spacial score (nSPS) is 10.4. The zero-order valence-electron chi connectivity index (χ0n) is 8.61. The van der Waals surface area contributed by atoms with E-state index in [1.54, 1.807) is 18.6 Å². The van der Waals surface area contributed by atoms with Crippen LogP contribution in [-0.4, -0.2) is 15.8 Å². The summed E-state index contributed by atoms with van der Waals surface area (Å²) in [4.78, 5) is 20.7. The van der Waals surface area contributed by atoms with Crippen LogP contribution in [0.4, 0.5) is 0 Å². The molecule has 0 aliphatic heterocycles. The Morgan fingerprint density at radius 2 is 2.25 bits per heavy atom. The predicted molar refractivity (Wildman–Crippen MR) is 66.8 cm³/mol. The number of rotatable bonds is 3. The summed E-state index contributed by atoms with van der Waals surface area (Å²) in [6.45, 7) is 1.89. The van der Waals surface area contributed by atoms with Crippen LogP contribution in [0.15, 0.2) is 29.1 Å². The molecular formula is C11H9BrN2OS. The van der Waals surface area contributed by atoms with Gasteiger partial charge in [-0.2, -0.15) is 0 Å². The Bertz CT molecular complexity index is 524. The van der Waals surface area contributed by atoms with Crippen molar-refractivity contribution in [3.63, 3.8) is 0 Å². The van der Waals surface area contributed by atoms with Crippen LogP contribution >= 0.6 is 27.3 Å². The molecule has 0 aliphatic carbocycles. The first-order chi connectivity index (χ1) is 7.65. The smallest absolute Gasteiger partial charge is 0.178 e. The molecule has 0 radical (unpaired) electrons. The van der Waals surface area contributed by atoms with Crippen molar-refractivity contribution in [1.82, 2.24) is 9.97 Å². The number of aryl methyl sites for hydroxylation is 1. The van der Waals surface area contributed by atoms with Gasteiger partial charge in [0, 0.05) is 29.5 Å². The van der Waals surface area contributed by atoms with E-state index in [0.29, 0.717) is 11.3 Å². The Morgan fingerprint density at radius 1 is 1.44 bits per heavy atom. The van der Waals surface area contributed by atoms with Crippen molar-refractivity contribution in [3.8, 4) is 0 Å². The molecule has 2 aromatic rings. The van der Waals surface area contributed by atoms with E-state index in [1.807, 2.05) is 13.0 Å². The average molecular weight is 297 g/mol. The van der Waals surface area contributed by atoms with Gasteiger partial charge < -0.3 is 0 Å². The highest BCUT2D eigenvalue weighted by atomic mass is 79.9. The van der Waals surface area contributed by atoms with E-state index >= 15 is 0 Å². The molecule has 0 unspecified atom stereocenters. The Kier molecular flexibility index (Phi) is 3.46. The van der Waals surface area contributed by atoms with Crippen LogP contribution in [0.2, 0.25) is 0 Å². The second-order valence-corrected chi connectivity index (χ2v) is 5.51. The lowest BCUT2D eigenvalue weighted by atomic mass is 10.1. The standard InChI is InChI=1S/C11H9BrN2OS/c1-7-14-6-11(16-7)10(15)3-8-2-9(12)5-13-4-8/h2,4-6H,3H2,1H3. The van der Waals surface area contributed by atoms with E-state index in [-0.39, 0.29) is 5.78 Å². The molecule has 0 fully saturated rings. The van der Waals surface area contributed by atoms with E-state index in [4.69, 9.17) is 0 Å². The Morgan fingerprint density at radius 3 is 2.88 bits per heavy atom. The highest BCUT2D eigenvalue weighted by molar-refractivity contribution is 9.10. The van der Waals surface area contributed by atoms with Crippen LogP contribution in [0.3, 0.4) is 0 Å². The van der Waals surface area contributed by atoms with Gasteiger partial charge in [0.25, 0.3) is 0 Å². The molecule has 3 nitrogen and oxygen atoms in total. The van der Waals surface area contributed by atoms with E-state index in [2.05, 4.69) is 25.9 Å². The number of halogens is 1. The summed E-state index contributed by atoms with van der Waals surface area (Å²) in [6, 6.07) is 1.90. The van der Waals surface area contributed by atoms with Crippen LogP contribution in [0.25, 0.3) is 0 Å². The third-order valence-electron chi connectivity index (χ3n) is 2.02. The van der Waals surface area contributed by atoms with Crippen LogP contribution in [0, 0.1) is 6.92 Å². The van der Waals surface area contributed by atoms with Crippen molar-refractivity contribution >= 4 is 33.0 Å². The fourth-order valence-corrected chi connectivity index (χ4v) is 2.44. The second kappa shape index (κ2) is 4.84. The third kappa shape index (κ3) is 2.74. The van der Waals surface area contributed by atoms with Crippen molar-refractivity contribution in [3.05, 3.63) is 44.6 Å². The number of hydrogen-bond donors (Lipinski definition) is 0. The molecular weight excluding hydrogens is 288 g/mol. The quantitative estimate of drug-likeness (QED) is 0.818. The molecule has 2 aromatic heterocycles. The molecule has 0 aromatic carbocycles. The maximum absolute atomic E-state index is 11.9. The number of nitrogens with zero attached hydrogens (tertiary/aromatic N) is 2. The van der Waals surface area contributed by atoms with Gasteiger partial charge in [-0.05, 0) is 34.5 Å². The highest BCUT2D eigenvalue weighted by Gasteiger charge is 2.10. The molecule has 0 saturated carbocycles. The first-order valence-corrected chi connectivity index (χ1v) is 6.31. The lowest BCUT2D eigenvalue weighted by Crippen LogP contribution is -2.01. The molecule has 0 saturated heterocycles. The predicted octanol–water partition coefficient (Wildman–Crippen LogP) is 3.03. The number of Topliss-reactive ketones (excluding diaryl/α,β-unsaturated/α-hetero) is 1. The maximum atomic E-state index is 11.9. The minimum Gasteiger partial charge on any atom is -0.293 e. The van der Waals surface area contributed by atoms with E-state index in [9.17, 15) is 4.79 Å². The molecule has 5 heteroatoms. The summed E-state index contributed by atoms with van der Waals surface area (Å²) in [5.41, 5.74) is 0.908. The number of aromatic nitrogens is 2. The van der Waals surface area contributed by atoms with Gasteiger partial charge in [0.2, 0.25) is 0 Å².